The maximum absolute atomic E-state index is 15.5. The standard InChI is InChI=1S/C53H66N10O10/c1-12-35(58-42(64)60(37-15-14-16-39(22-37)73-34-57)46(68)62(44(58)66)40-25-51(9,28-70-31-54)19-17-49(40,5)6)21-36(13-2)59-43(65)61(38-23-48(3,4)27-53(11,24-38)30-72-33-56)47(69)63(45(59)67)41-26-52(10,29-71-32-55)20-18-50(41,7)8/h12-16,21-22,38,40-41H,1,17-20,23-30H2,2-11H3/b35-21+,36-13+. The molecule has 0 bridgehead atoms. The molecule has 20 nitrogen and oxygen atoms in total. The molecule has 2 aromatic heterocycles. The van der Waals surface area contributed by atoms with Crippen molar-refractivity contribution in [1.82, 2.24) is 27.4 Å². The molecule has 6 unspecified atom stereocenters. The molecule has 3 saturated carbocycles. The Bertz CT molecular complexity index is 3280. The van der Waals surface area contributed by atoms with Crippen LogP contribution < -0.4 is 38.9 Å². The summed E-state index contributed by atoms with van der Waals surface area (Å²) in [6.45, 7) is 22.9. The van der Waals surface area contributed by atoms with E-state index in [1.165, 1.54) is 49.4 Å². The van der Waals surface area contributed by atoms with Crippen molar-refractivity contribution < 1.29 is 18.9 Å². The van der Waals surface area contributed by atoms with Crippen LogP contribution in [0.5, 0.6) is 5.75 Å². The summed E-state index contributed by atoms with van der Waals surface area (Å²) < 4.78 is 26.3. The number of aromatic nitrogens is 6. The predicted molar refractivity (Wildman–Crippen MR) is 269 cm³/mol. The number of nitrogens with zero attached hydrogens (tertiary/aromatic N) is 10. The number of allylic oxidation sites excluding steroid dienone is 5. The van der Waals surface area contributed by atoms with Crippen LogP contribution in [-0.2, 0) is 14.2 Å². The van der Waals surface area contributed by atoms with Crippen LogP contribution in [0.4, 0.5) is 0 Å². The van der Waals surface area contributed by atoms with Gasteiger partial charge < -0.3 is 18.9 Å². The van der Waals surface area contributed by atoms with Crippen LogP contribution in [0.2, 0.25) is 0 Å². The Hall–Kier alpha value is -7.58. The summed E-state index contributed by atoms with van der Waals surface area (Å²) in [7, 11) is 0. The van der Waals surface area contributed by atoms with Gasteiger partial charge >= 0.3 is 34.1 Å². The van der Waals surface area contributed by atoms with Gasteiger partial charge in [-0.05, 0) is 105 Å². The van der Waals surface area contributed by atoms with Gasteiger partial charge in [0.1, 0.15) is 25.6 Å². The highest BCUT2D eigenvalue weighted by molar-refractivity contribution is 5.71. The topological polar surface area (TPSA) is 264 Å². The van der Waals surface area contributed by atoms with Gasteiger partial charge in [-0.15, -0.1) is 5.26 Å². The van der Waals surface area contributed by atoms with E-state index in [9.17, 15) is 25.8 Å². The van der Waals surface area contributed by atoms with E-state index in [-0.39, 0.29) is 61.9 Å². The molecule has 0 N–H and O–H groups in total. The Morgan fingerprint density at radius 1 is 0.616 bits per heavy atom. The molecule has 0 spiro atoms. The maximum Gasteiger partial charge on any atom is 0.345 e. The summed E-state index contributed by atoms with van der Waals surface area (Å²) >= 11 is 0. The van der Waals surface area contributed by atoms with E-state index >= 15 is 24.0 Å². The van der Waals surface area contributed by atoms with Gasteiger partial charge in [0, 0.05) is 40.4 Å². The van der Waals surface area contributed by atoms with E-state index in [1.807, 2.05) is 62.3 Å². The summed E-state index contributed by atoms with van der Waals surface area (Å²) in [5.41, 5.74) is -10.5. The first-order valence-electron chi connectivity index (χ1n) is 24.4. The van der Waals surface area contributed by atoms with Crippen LogP contribution in [0.15, 0.2) is 77.8 Å². The monoisotopic (exact) mass is 1000 g/mol. The Balaban J connectivity index is 1.70. The zero-order valence-corrected chi connectivity index (χ0v) is 43.5. The lowest BCUT2D eigenvalue weighted by Gasteiger charge is -2.48. The Morgan fingerprint density at radius 3 is 1.60 bits per heavy atom. The highest BCUT2D eigenvalue weighted by Crippen LogP contribution is 2.53. The lowest BCUT2D eigenvalue weighted by Crippen LogP contribution is -2.60. The molecule has 6 atom stereocenters. The van der Waals surface area contributed by atoms with Gasteiger partial charge in [-0.1, -0.05) is 81.0 Å². The van der Waals surface area contributed by atoms with E-state index in [0.29, 0.717) is 38.5 Å². The average Bonchev–Trinajstić information content (AvgIpc) is 3.31. The molecule has 20 heteroatoms. The molecule has 73 heavy (non-hydrogen) atoms. The third kappa shape index (κ3) is 10.8. The molecule has 388 valence electrons. The highest BCUT2D eigenvalue weighted by Gasteiger charge is 2.49. The van der Waals surface area contributed by atoms with Crippen LogP contribution in [0.3, 0.4) is 0 Å². The third-order valence-corrected chi connectivity index (χ3v) is 15.7. The summed E-state index contributed by atoms with van der Waals surface area (Å²) in [5.74, 6) is -0.00500. The lowest BCUT2D eigenvalue weighted by atomic mass is 9.63. The van der Waals surface area contributed by atoms with E-state index in [4.69, 9.17) is 18.9 Å². The third-order valence-electron chi connectivity index (χ3n) is 15.7. The van der Waals surface area contributed by atoms with Crippen LogP contribution in [0.1, 0.15) is 145 Å². The Kier molecular flexibility index (Phi) is 15.4. The second kappa shape index (κ2) is 20.5. The van der Waals surface area contributed by atoms with Crippen molar-refractivity contribution in [3.8, 4) is 36.5 Å². The molecule has 3 aliphatic rings. The van der Waals surface area contributed by atoms with Crippen molar-refractivity contribution in [2.24, 2.45) is 32.5 Å². The molecule has 2 heterocycles. The van der Waals surface area contributed by atoms with Crippen molar-refractivity contribution in [3.63, 3.8) is 0 Å². The minimum atomic E-state index is -1.16. The fourth-order valence-electron chi connectivity index (χ4n) is 11.9. The molecular formula is C53H66N10O10. The first-order valence-corrected chi connectivity index (χ1v) is 24.4. The molecule has 0 saturated heterocycles. The van der Waals surface area contributed by atoms with Gasteiger partial charge in [-0.2, -0.15) is 15.8 Å². The summed E-state index contributed by atoms with van der Waals surface area (Å²) in [4.78, 5) is 91.5. The van der Waals surface area contributed by atoms with E-state index in [1.54, 1.807) is 25.0 Å². The molecule has 3 aliphatic carbocycles. The van der Waals surface area contributed by atoms with Crippen LogP contribution in [0, 0.1) is 78.6 Å². The van der Waals surface area contributed by atoms with Crippen molar-refractivity contribution >= 4 is 11.4 Å². The largest absolute Gasteiger partial charge is 0.427 e. The molecule has 3 aromatic rings. The van der Waals surface area contributed by atoms with Crippen LogP contribution >= 0.6 is 0 Å². The van der Waals surface area contributed by atoms with Gasteiger partial charge in [-0.25, -0.2) is 56.2 Å². The van der Waals surface area contributed by atoms with Gasteiger partial charge in [0.2, 0.25) is 0 Å². The minimum absolute atomic E-state index is 0.000729. The molecule has 3 fully saturated rings. The van der Waals surface area contributed by atoms with Crippen molar-refractivity contribution in [2.75, 3.05) is 19.8 Å². The minimum Gasteiger partial charge on any atom is -0.427 e. The fraction of sp³-hybridized carbons (Fsp3) is 0.585. The number of ether oxygens (including phenoxy) is 4. The van der Waals surface area contributed by atoms with Gasteiger partial charge in [0.05, 0.1) is 17.1 Å². The van der Waals surface area contributed by atoms with Gasteiger partial charge in [0.15, 0.2) is 0 Å². The average molecular weight is 1000 g/mol. The van der Waals surface area contributed by atoms with E-state index in [0.717, 1.165) is 27.4 Å². The van der Waals surface area contributed by atoms with Crippen molar-refractivity contribution in [3.05, 3.63) is 112 Å². The van der Waals surface area contributed by atoms with Gasteiger partial charge in [-0.3, -0.25) is 0 Å². The summed E-state index contributed by atoms with van der Waals surface area (Å²) in [5, 5.41) is 37.5. The van der Waals surface area contributed by atoms with Crippen LogP contribution in [-0.4, -0.2) is 47.2 Å². The quantitative estimate of drug-likeness (QED) is 0.111. The molecule has 0 amide bonds. The first kappa shape index (κ1) is 54.7. The van der Waals surface area contributed by atoms with E-state index < -0.39 is 84.8 Å². The SMILES string of the molecule is C=C/C(=C\C(=C/C)n1c(=O)n(C2CC(C)(C)CC(C)(COC#N)C2)c(=O)n(C2CC(C)(COC#N)CCC2(C)C)c1=O)n1c(=O)n(-c2cccc(OC#N)c2)c(=O)n(C2CC(C)(COC#N)CCC2(C)C)c1=O. The van der Waals surface area contributed by atoms with E-state index in [2.05, 4.69) is 6.58 Å². The second-order valence-electron chi connectivity index (χ2n) is 23.4. The van der Waals surface area contributed by atoms with Crippen molar-refractivity contribution in [1.29, 1.82) is 21.0 Å². The number of hydrogen-bond acceptors (Lipinski definition) is 14. The Morgan fingerprint density at radius 2 is 1.11 bits per heavy atom. The highest BCUT2D eigenvalue weighted by atomic mass is 16.5. The van der Waals surface area contributed by atoms with Crippen LogP contribution in [0.25, 0.3) is 17.1 Å². The fourth-order valence-corrected chi connectivity index (χ4v) is 11.9. The molecule has 0 radical (unpaired) electrons. The smallest absolute Gasteiger partial charge is 0.345 e. The zero-order chi connectivity index (χ0) is 54.1. The summed E-state index contributed by atoms with van der Waals surface area (Å²) in [6.07, 6.45) is 14.3. The first-order chi connectivity index (χ1) is 34.2. The Labute approximate surface area is 423 Å². The normalized spacial score (nSPS) is 26.5. The second-order valence-corrected chi connectivity index (χ2v) is 23.4. The number of nitriles is 4. The molecule has 0 aliphatic heterocycles. The molecule has 6 rings (SSSR count). The number of rotatable bonds is 15. The molecule has 1 aromatic carbocycles. The number of hydrogen-bond donors (Lipinski definition) is 0. The lowest BCUT2D eigenvalue weighted by molar-refractivity contribution is -0.000454. The van der Waals surface area contributed by atoms with Gasteiger partial charge in [0.25, 0.3) is 25.0 Å². The maximum atomic E-state index is 15.5. The zero-order valence-electron chi connectivity index (χ0n) is 43.5. The predicted octanol–water partition coefficient (Wildman–Crippen LogP) is 6.86. The number of benzene rings is 1. The molecular weight excluding hydrogens is 937 g/mol. The van der Waals surface area contributed by atoms with Crippen molar-refractivity contribution in [2.45, 2.75) is 145 Å². The summed E-state index contributed by atoms with van der Waals surface area (Å²) in [6, 6.07) is 3.09.